The summed E-state index contributed by atoms with van der Waals surface area (Å²) in [7, 11) is 0. The maximum absolute atomic E-state index is 12.5. The summed E-state index contributed by atoms with van der Waals surface area (Å²) < 4.78 is 0. The van der Waals surface area contributed by atoms with E-state index in [1.165, 1.54) is 25.8 Å². The van der Waals surface area contributed by atoms with Gasteiger partial charge in [0, 0.05) is 30.9 Å². The number of thiophene rings is 2. The third-order valence-corrected chi connectivity index (χ3v) is 6.50. The van der Waals surface area contributed by atoms with E-state index in [1.54, 1.807) is 23.5 Å². The first kappa shape index (κ1) is 14.9. The van der Waals surface area contributed by atoms with Crippen LogP contribution in [-0.4, -0.2) is 5.91 Å². The van der Waals surface area contributed by atoms with E-state index in [0.29, 0.717) is 5.02 Å². The Labute approximate surface area is 147 Å². The molecular weight excluding hydrogens is 346 g/mol. The smallest absolute Gasteiger partial charge is 0.265 e. The van der Waals surface area contributed by atoms with Gasteiger partial charge < -0.3 is 5.32 Å². The van der Waals surface area contributed by atoms with Crippen molar-refractivity contribution in [3.8, 4) is 10.4 Å². The van der Waals surface area contributed by atoms with Crippen LogP contribution in [0.15, 0.2) is 36.4 Å². The van der Waals surface area contributed by atoms with Gasteiger partial charge in [-0.25, -0.2) is 0 Å². The van der Waals surface area contributed by atoms with E-state index in [0.717, 1.165) is 23.4 Å². The monoisotopic (exact) mass is 359 g/mol. The van der Waals surface area contributed by atoms with Crippen LogP contribution in [0.4, 0.5) is 5.69 Å². The fourth-order valence-corrected chi connectivity index (χ4v) is 5.25. The lowest BCUT2D eigenvalue weighted by Crippen LogP contribution is -2.09. The molecule has 0 fully saturated rings. The van der Waals surface area contributed by atoms with Crippen LogP contribution in [0.2, 0.25) is 5.02 Å². The van der Waals surface area contributed by atoms with Gasteiger partial charge in [0.1, 0.15) is 0 Å². The van der Waals surface area contributed by atoms with Crippen LogP contribution in [0, 0.1) is 6.92 Å². The van der Waals surface area contributed by atoms with Crippen LogP contribution in [-0.2, 0) is 12.8 Å². The Morgan fingerprint density at radius 1 is 1.13 bits per heavy atom. The number of carbonyl (C=O) groups is 1. The lowest BCUT2D eigenvalue weighted by Gasteiger charge is -2.10. The van der Waals surface area contributed by atoms with Crippen LogP contribution >= 0.6 is 34.3 Å². The quantitative estimate of drug-likeness (QED) is 0.616. The van der Waals surface area contributed by atoms with E-state index < -0.39 is 0 Å². The average molecular weight is 360 g/mol. The minimum atomic E-state index is -0.0553. The molecule has 1 aliphatic carbocycles. The molecule has 0 radical (unpaired) electrons. The van der Waals surface area contributed by atoms with Gasteiger partial charge in [0.05, 0.1) is 4.88 Å². The molecule has 1 amide bonds. The van der Waals surface area contributed by atoms with E-state index >= 15 is 0 Å². The number of hydrogen-bond donors (Lipinski definition) is 1. The lowest BCUT2D eigenvalue weighted by molar-refractivity contribution is 0.103. The van der Waals surface area contributed by atoms with Gasteiger partial charge in [-0.2, -0.15) is 0 Å². The zero-order valence-corrected chi connectivity index (χ0v) is 14.9. The van der Waals surface area contributed by atoms with E-state index in [2.05, 4.69) is 18.3 Å². The first-order valence-electron chi connectivity index (χ1n) is 7.39. The molecule has 3 aromatic rings. The fraction of sp³-hybridized carbons (Fsp3) is 0.167. The van der Waals surface area contributed by atoms with Gasteiger partial charge in [0.15, 0.2) is 0 Å². The van der Waals surface area contributed by atoms with E-state index in [-0.39, 0.29) is 5.91 Å². The molecule has 1 aliphatic rings. The summed E-state index contributed by atoms with van der Waals surface area (Å²) in [5.74, 6) is -0.0553. The SMILES string of the molecule is Cc1cc2c(s1)CCc1cc(C(=O)Nc3ccc(Cl)cc3)sc1-2. The summed E-state index contributed by atoms with van der Waals surface area (Å²) in [5, 5.41) is 3.60. The van der Waals surface area contributed by atoms with Crippen molar-refractivity contribution in [1.29, 1.82) is 0 Å². The second-order valence-electron chi connectivity index (χ2n) is 5.62. The highest BCUT2D eigenvalue weighted by molar-refractivity contribution is 7.18. The summed E-state index contributed by atoms with van der Waals surface area (Å²) >= 11 is 9.33. The molecule has 0 bridgehead atoms. The third-order valence-electron chi connectivity index (χ3n) is 3.93. The molecule has 0 saturated heterocycles. The van der Waals surface area contributed by atoms with Gasteiger partial charge in [-0.15, -0.1) is 22.7 Å². The Morgan fingerprint density at radius 2 is 1.91 bits per heavy atom. The summed E-state index contributed by atoms with van der Waals surface area (Å²) in [6.07, 6.45) is 2.10. The summed E-state index contributed by atoms with van der Waals surface area (Å²) in [5.41, 5.74) is 3.38. The van der Waals surface area contributed by atoms with E-state index in [9.17, 15) is 4.79 Å². The summed E-state index contributed by atoms with van der Waals surface area (Å²) in [4.78, 5) is 17.3. The molecule has 0 unspecified atom stereocenters. The number of anilines is 1. The Bertz CT molecular complexity index is 892. The molecular formula is C18H14ClNOS2. The van der Waals surface area contributed by atoms with Gasteiger partial charge in [-0.3, -0.25) is 4.79 Å². The topological polar surface area (TPSA) is 29.1 Å². The maximum atomic E-state index is 12.5. The number of amides is 1. The van der Waals surface area contributed by atoms with Gasteiger partial charge in [0.25, 0.3) is 5.91 Å². The highest BCUT2D eigenvalue weighted by atomic mass is 35.5. The molecule has 5 heteroatoms. The van der Waals surface area contributed by atoms with E-state index in [1.807, 2.05) is 29.5 Å². The molecule has 0 aliphatic heterocycles. The number of halogens is 1. The average Bonchev–Trinajstić information content (AvgIpc) is 3.11. The third kappa shape index (κ3) is 2.82. The largest absolute Gasteiger partial charge is 0.321 e. The van der Waals surface area contributed by atoms with Crippen LogP contribution in [0.1, 0.15) is 25.0 Å². The van der Waals surface area contributed by atoms with E-state index in [4.69, 9.17) is 11.6 Å². The maximum Gasteiger partial charge on any atom is 0.265 e. The Balaban J connectivity index is 1.63. The van der Waals surface area contributed by atoms with Crippen LogP contribution in [0.3, 0.4) is 0 Å². The molecule has 0 atom stereocenters. The second kappa shape index (κ2) is 5.78. The minimum Gasteiger partial charge on any atom is -0.321 e. The number of carbonyl (C=O) groups excluding carboxylic acids is 1. The minimum absolute atomic E-state index is 0.0553. The van der Waals surface area contributed by atoms with Gasteiger partial charge in [-0.05, 0) is 61.7 Å². The van der Waals surface area contributed by atoms with Crippen molar-refractivity contribution in [3.05, 3.63) is 61.6 Å². The highest BCUT2D eigenvalue weighted by Crippen LogP contribution is 2.43. The lowest BCUT2D eigenvalue weighted by atomic mass is 9.98. The first-order valence-corrected chi connectivity index (χ1v) is 9.40. The molecule has 0 spiro atoms. The molecule has 23 heavy (non-hydrogen) atoms. The normalized spacial score (nSPS) is 12.6. The van der Waals surface area contributed by atoms with Crippen molar-refractivity contribution in [3.63, 3.8) is 0 Å². The standard InChI is InChI=1S/C18H14ClNOS2/c1-10-8-14-15(22-10)7-2-11-9-16(23-17(11)14)18(21)20-13-5-3-12(19)4-6-13/h3-6,8-9H,2,7H2,1H3,(H,20,21). The van der Waals surface area contributed by atoms with Crippen molar-refractivity contribution in [1.82, 2.24) is 0 Å². The molecule has 1 N–H and O–H groups in total. The number of rotatable bonds is 2. The summed E-state index contributed by atoms with van der Waals surface area (Å²) in [6, 6.07) is 11.5. The van der Waals surface area contributed by atoms with Gasteiger partial charge in [-0.1, -0.05) is 11.6 Å². The Morgan fingerprint density at radius 3 is 2.70 bits per heavy atom. The fourth-order valence-electron chi connectivity index (χ4n) is 2.87. The molecule has 1 aromatic carbocycles. The Kier molecular flexibility index (Phi) is 3.76. The molecule has 4 rings (SSSR count). The predicted molar refractivity (Wildman–Crippen MR) is 99.2 cm³/mol. The van der Waals surface area contributed by atoms with Crippen molar-refractivity contribution in [2.75, 3.05) is 5.32 Å². The van der Waals surface area contributed by atoms with Crippen molar-refractivity contribution in [2.24, 2.45) is 0 Å². The number of hydrogen-bond acceptors (Lipinski definition) is 3. The molecule has 2 nitrogen and oxygen atoms in total. The number of aryl methyl sites for hydroxylation is 3. The molecule has 116 valence electrons. The van der Waals surface area contributed by atoms with Crippen LogP contribution < -0.4 is 5.32 Å². The number of nitrogens with one attached hydrogen (secondary N) is 1. The molecule has 2 heterocycles. The van der Waals surface area contributed by atoms with Crippen molar-refractivity contribution < 1.29 is 4.79 Å². The van der Waals surface area contributed by atoms with Crippen LogP contribution in [0.25, 0.3) is 10.4 Å². The van der Waals surface area contributed by atoms with Crippen molar-refractivity contribution >= 4 is 45.9 Å². The van der Waals surface area contributed by atoms with Crippen molar-refractivity contribution in [2.45, 2.75) is 19.8 Å². The number of benzene rings is 1. The molecule has 0 saturated carbocycles. The predicted octanol–water partition coefficient (Wildman–Crippen LogP) is 5.79. The van der Waals surface area contributed by atoms with Gasteiger partial charge in [0.2, 0.25) is 0 Å². The first-order chi connectivity index (χ1) is 11.1. The zero-order valence-electron chi connectivity index (χ0n) is 12.5. The highest BCUT2D eigenvalue weighted by Gasteiger charge is 2.23. The molecule has 2 aromatic heterocycles. The number of fused-ring (bicyclic) bond motifs is 3. The van der Waals surface area contributed by atoms with Crippen LogP contribution in [0.5, 0.6) is 0 Å². The second-order valence-corrected chi connectivity index (χ2v) is 8.45. The Hall–Kier alpha value is -1.62. The zero-order chi connectivity index (χ0) is 16.0. The van der Waals surface area contributed by atoms with Gasteiger partial charge >= 0.3 is 0 Å². The summed E-state index contributed by atoms with van der Waals surface area (Å²) in [6.45, 7) is 2.14.